The molecule has 3 aliphatic carbocycles. The van der Waals surface area contributed by atoms with Crippen molar-refractivity contribution in [2.24, 2.45) is 17.3 Å². The molecular formula is C16H20O2. The van der Waals surface area contributed by atoms with Gasteiger partial charge in [0, 0.05) is 11.8 Å². The van der Waals surface area contributed by atoms with Crippen molar-refractivity contribution in [1.82, 2.24) is 0 Å². The van der Waals surface area contributed by atoms with Crippen molar-refractivity contribution in [2.75, 3.05) is 0 Å². The first-order chi connectivity index (χ1) is 8.61. The summed E-state index contributed by atoms with van der Waals surface area (Å²) < 4.78 is 0. The summed E-state index contributed by atoms with van der Waals surface area (Å²) in [5.74, 6) is 1.68. The topological polar surface area (TPSA) is 37.3 Å². The molecule has 2 heteroatoms. The van der Waals surface area contributed by atoms with Crippen LogP contribution >= 0.6 is 0 Å². The summed E-state index contributed by atoms with van der Waals surface area (Å²) in [6, 6.07) is 0. The van der Waals surface area contributed by atoms with Crippen molar-refractivity contribution in [3.8, 4) is 0 Å². The second kappa shape index (κ2) is 4.11. The molecule has 18 heavy (non-hydrogen) atoms. The normalized spacial score (nSPS) is 38.8. The zero-order chi connectivity index (χ0) is 12.8. The summed E-state index contributed by atoms with van der Waals surface area (Å²) in [7, 11) is 0. The van der Waals surface area contributed by atoms with Crippen LogP contribution < -0.4 is 0 Å². The van der Waals surface area contributed by atoms with Gasteiger partial charge in [-0.3, -0.25) is 0 Å². The Balaban J connectivity index is 1.91. The van der Waals surface area contributed by atoms with E-state index in [1.165, 1.54) is 11.1 Å². The minimum absolute atomic E-state index is 0.152. The van der Waals surface area contributed by atoms with Gasteiger partial charge in [0.05, 0.1) is 5.76 Å². The summed E-state index contributed by atoms with van der Waals surface area (Å²) >= 11 is 0. The Morgan fingerprint density at radius 1 is 1.33 bits per heavy atom. The van der Waals surface area contributed by atoms with Gasteiger partial charge in [-0.1, -0.05) is 24.6 Å². The van der Waals surface area contributed by atoms with Crippen molar-refractivity contribution >= 4 is 6.29 Å². The van der Waals surface area contributed by atoms with Crippen molar-refractivity contribution < 1.29 is 9.90 Å². The van der Waals surface area contributed by atoms with Gasteiger partial charge >= 0.3 is 0 Å². The van der Waals surface area contributed by atoms with Crippen molar-refractivity contribution in [3.63, 3.8) is 0 Å². The van der Waals surface area contributed by atoms with Gasteiger partial charge in [0.25, 0.3) is 0 Å². The second-order valence-corrected chi connectivity index (χ2v) is 6.28. The van der Waals surface area contributed by atoms with Crippen molar-refractivity contribution in [2.45, 2.75) is 39.0 Å². The van der Waals surface area contributed by atoms with Gasteiger partial charge in [0.1, 0.15) is 6.29 Å². The van der Waals surface area contributed by atoms with E-state index in [1.807, 2.05) is 6.08 Å². The van der Waals surface area contributed by atoms with Gasteiger partial charge < -0.3 is 9.90 Å². The molecule has 0 spiro atoms. The molecule has 96 valence electrons. The lowest BCUT2D eigenvalue weighted by Gasteiger charge is -2.42. The molecule has 0 aromatic carbocycles. The Hall–Kier alpha value is -1.31. The molecule has 0 aromatic rings. The number of rotatable bonds is 1. The van der Waals surface area contributed by atoms with Crippen LogP contribution in [0.2, 0.25) is 0 Å². The molecule has 3 atom stereocenters. The summed E-state index contributed by atoms with van der Waals surface area (Å²) in [6.07, 6.45) is 12.3. The number of allylic oxidation sites excluding steroid dienone is 6. The largest absolute Gasteiger partial charge is 0.512 e. The Kier molecular flexibility index (Phi) is 2.69. The molecule has 0 bridgehead atoms. The molecule has 0 aliphatic heterocycles. The van der Waals surface area contributed by atoms with Crippen LogP contribution in [0.5, 0.6) is 0 Å². The third kappa shape index (κ3) is 1.84. The average molecular weight is 244 g/mol. The lowest BCUT2D eigenvalue weighted by Crippen LogP contribution is -2.33. The third-order valence-corrected chi connectivity index (χ3v) is 4.84. The zero-order valence-corrected chi connectivity index (χ0v) is 10.9. The fourth-order valence-corrected chi connectivity index (χ4v) is 3.75. The number of hydrogen-bond acceptors (Lipinski definition) is 2. The highest BCUT2D eigenvalue weighted by Gasteiger charge is 2.39. The smallest absolute Gasteiger partial charge is 0.126 e. The molecule has 1 fully saturated rings. The maximum atomic E-state index is 11.2. The van der Waals surface area contributed by atoms with E-state index >= 15 is 0 Å². The van der Waals surface area contributed by atoms with Crippen molar-refractivity contribution in [1.29, 1.82) is 0 Å². The Morgan fingerprint density at radius 2 is 2.17 bits per heavy atom. The van der Waals surface area contributed by atoms with Crippen LogP contribution in [0.15, 0.2) is 35.1 Å². The molecule has 3 rings (SSSR count). The summed E-state index contributed by atoms with van der Waals surface area (Å²) in [5.41, 5.74) is 2.57. The van der Waals surface area contributed by atoms with Gasteiger partial charge in [-0.15, -0.1) is 0 Å². The van der Waals surface area contributed by atoms with Crippen LogP contribution in [0, 0.1) is 17.3 Å². The fourth-order valence-electron chi connectivity index (χ4n) is 3.75. The molecule has 3 unspecified atom stereocenters. The lowest BCUT2D eigenvalue weighted by molar-refractivity contribution is -0.116. The van der Waals surface area contributed by atoms with Gasteiger partial charge in [0.2, 0.25) is 0 Å². The van der Waals surface area contributed by atoms with E-state index in [4.69, 9.17) is 0 Å². The first kappa shape index (κ1) is 11.8. The molecule has 0 radical (unpaired) electrons. The highest BCUT2D eigenvalue weighted by Crippen LogP contribution is 2.49. The lowest BCUT2D eigenvalue weighted by atomic mass is 9.62. The minimum Gasteiger partial charge on any atom is -0.512 e. The molecule has 1 saturated carbocycles. The number of fused-ring (bicyclic) bond motifs is 3. The van der Waals surface area contributed by atoms with Crippen molar-refractivity contribution in [3.05, 3.63) is 35.1 Å². The van der Waals surface area contributed by atoms with Crippen LogP contribution in [0.25, 0.3) is 0 Å². The maximum absolute atomic E-state index is 11.2. The van der Waals surface area contributed by atoms with E-state index in [0.29, 0.717) is 17.6 Å². The van der Waals surface area contributed by atoms with Crippen LogP contribution in [0.4, 0.5) is 0 Å². The summed E-state index contributed by atoms with van der Waals surface area (Å²) in [6.45, 7) is 2.07. The highest BCUT2D eigenvalue weighted by atomic mass is 16.3. The molecular weight excluding hydrogens is 224 g/mol. The molecule has 2 nitrogen and oxygen atoms in total. The molecule has 0 saturated heterocycles. The third-order valence-electron chi connectivity index (χ3n) is 4.84. The second-order valence-electron chi connectivity index (χ2n) is 6.28. The van der Waals surface area contributed by atoms with E-state index in [9.17, 15) is 9.90 Å². The first-order valence-electron chi connectivity index (χ1n) is 6.88. The summed E-state index contributed by atoms with van der Waals surface area (Å²) in [4.78, 5) is 11.2. The number of carbonyl (C=O) groups is 1. The fraction of sp³-hybridized carbons (Fsp3) is 0.562. The van der Waals surface area contributed by atoms with Gasteiger partial charge in [-0.25, -0.2) is 0 Å². The van der Waals surface area contributed by atoms with Crippen LogP contribution in [-0.4, -0.2) is 11.4 Å². The predicted molar refractivity (Wildman–Crippen MR) is 71.1 cm³/mol. The molecule has 0 heterocycles. The van der Waals surface area contributed by atoms with Crippen LogP contribution in [0.1, 0.15) is 39.0 Å². The minimum atomic E-state index is -0.152. The van der Waals surface area contributed by atoms with Crippen LogP contribution in [0.3, 0.4) is 0 Å². The monoisotopic (exact) mass is 244 g/mol. The number of carbonyl (C=O) groups excluding carboxylic acids is 1. The maximum Gasteiger partial charge on any atom is 0.126 e. The van der Waals surface area contributed by atoms with E-state index in [0.717, 1.165) is 38.4 Å². The highest BCUT2D eigenvalue weighted by molar-refractivity contribution is 5.60. The predicted octanol–water partition coefficient (Wildman–Crippen LogP) is 3.71. The van der Waals surface area contributed by atoms with E-state index < -0.39 is 0 Å². The Bertz CT molecular complexity index is 469. The number of aliphatic hydroxyl groups excluding tert-OH is 1. The molecule has 1 N–H and O–H groups in total. The van der Waals surface area contributed by atoms with E-state index in [1.54, 1.807) is 0 Å². The zero-order valence-electron chi connectivity index (χ0n) is 10.9. The van der Waals surface area contributed by atoms with Gasteiger partial charge in [-0.05, 0) is 49.2 Å². The Labute approximate surface area is 108 Å². The number of hydrogen-bond donors (Lipinski definition) is 1. The first-order valence-corrected chi connectivity index (χ1v) is 6.88. The summed E-state index contributed by atoms with van der Waals surface area (Å²) in [5, 5.41) is 9.62. The Morgan fingerprint density at radius 3 is 2.94 bits per heavy atom. The quantitative estimate of drug-likeness (QED) is 0.714. The van der Waals surface area contributed by atoms with Gasteiger partial charge in [-0.2, -0.15) is 0 Å². The van der Waals surface area contributed by atoms with Gasteiger partial charge in [0.15, 0.2) is 0 Å². The molecule has 3 aliphatic rings. The standard InChI is InChI=1S/C16H20O2/c1-16(10-17)7-6-15-12(9-16)3-2-11-8-13(18)4-5-14(11)15/h2-3,8,10,14-15,18H,4-7,9H2,1H3. The number of aldehydes is 1. The average Bonchev–Trinajstić information content (AvgIpc) is 2.38. The SMILES string of the molecule is CC1(C=O)CCC2C(=CC=C3C=C(O)CCC32)C1. The molecule has 0 amide bonds. The van der Waals surface area contributed by atoms with E-state index in [2.05, 4.69) is 19.1 Å². The van der Waals surface area contributed by atoms with E-state index in [-0.39, 0.29) is 5.41 Å². The number of aliphatic hydroxyl groups is 1. The van der Waals surface area contributed by atoms with Crippen LogP contribution in [-0.2, 0) is 4.79 Å². The molecule has 0 aromatic heterocycles.